The molecule has 2 N–H and O–H groups in total. The van der Waals surface area contributed by atoms with Crippen LogP contribution >= 0.6 is 11.6 Å². The molecule has 3 aliphatic heterocycles. The molecule has 2 aromatic carbocycles. The van der Waals surface area contributed by atoms with Crippen molar-refractivity contribution in [1.82, 2.24) is 4.90 Å². The quantitative estimate of drug-likeness (QED) is 0.347. The number of nitrogens with zero attached hydrogens (tertiary/aromatic N) is 3. The molecular weight excluding hydrogens is 636 g/mol. The molecule has 0 spiro atoms. The Kier molecular flexibility index (Phi) is 11.6. The predicted molar refractivity (Wildman–Crippen MR) is 186 cm³/mol. The summed E-state index contributed by atoms with van der Waals surface area (Å²) in [7, 11) is -3.20. The molecular formula is C36H45ClN4O5S. The van der Waals surface area contributed by atoms with Crippen LogP contribution in [-0.2, 0) is 32.4 Å². The van der Waals surface area contributed by atoms with Gasteiger partial charge in [0.15, 0.2) is 0 Å². The van der Waals surface area contributed by atoms with E-state index in [1.54, 1.807) is 6.07 Å². The van der Waals surface area contributed by atoms with Crippen molar-refractivity contribution in [3.8, 4) is 17.6 Å². The molecule has 2 aromatic rings. The van der Waals surface area contributed by atoms with E-state index in [0.29, 0.717) is 55.5 Å². The molecule has 4 aliphatic rings. The second-order valence-corrected chi connectivity index (χ2v) is 15.1. The van der Waals surface area contributed by atoms with Gasteiger partial charge in [-0.1, -0.05) is 35.7 Å². The van der Waals surface area contributed by atoms with Crippen molar-refractivity contribution in [3.05, 3.63) is 70.3 Å². The molecule has 1 unspecified atom stereocenters. The second-order valence-electron chi connectivity index (χ2n) is 12.7. The number of hydrogen-bond donors (Lipinski definition) is 1. The Hall–Kier alpha value is -2.91. The van der Waals surface area contributed by atoms with Crippen molar-refractivity contribution in [2.45, 2.75) is 51.2 Å². The van der Waals surface area contributed by atoms with E-state index < -0.39 is 15.8 Å². The first-order chi connectivity index (χ1) is 22.8. The number of halogens is 1. The molecule has 4 atom stereocenters. The van der Waals surface area contributed by atoms with Gasteiger partial charge in [-0.25, -0.2) is 9.35 Å². The zero-order valence-corrected chi connectivity index (χ0v) is 28.5. The molecule has 0 radical (unpaired) electrons. The van der Waals surface area contributed by atoms with Crippen molar-refractivity contribution in [3.63, 3.8) is 0 Å². The maximum atomic E-state index is 13.4. The van der Waals surface area contributed by atoms with E-state index in [-0.39, 0.29) is 23.7 Å². The maximum Gasteiger partial charge on any atom is 0.286 e. The van der Waals surface area contributed by atoms with Crippen LogP contribution in [0.2, 0.25) is 5.02 Å². The van der Waals surface area contributed by atoms with Gasteiger partial charge in [0.05, 0.1) is 38.2 Å². The van der Waals surface area contributed by atoms with Crippen LogP contribution in [0.5, 0.6) is 5.75 Å². The van der Waals surface area contributed by atoms with Crippen LogP contribution in [0.3, 0.4) is 0 Å². The average molecular weight is 681 g/mol. The summed E-state index contributed by atoms with van der Waals surface area (Å²) in [6.07, 6.45) is 8.74. The number of ether oxygens (including phenoxy) is 3. The average Bonchev–Trinajstić information content (AvgIpc) is 3.51. The molecule has 252 valence electrons. The molecule has 0 aromatic heterocycles. The summed E-state index contributed by atoms with van der Waals surface area (Å²) in [5.41, 5.74) is 3.48. The topological polar surface area (TPSA) is 107 Å². The lowest BCUT2D eigenvalue weighted by atomic mass is 9.88. The molecule has 1 aliphatic carbocycles. The number of carbonyl (C=O) groups excluding carboxylic acids is 1. The highest BCUT2D eigenvalue weighted by atomic mass is 35.5. The normalized spacial score (nSPS) is 28.0. The fourth-order valence-electron chi connectivity index (χ4n) is 6.72. The third-order valence-corrected chi connectivity index (χ3v) is 10.9. The van der Waals surface area contributed by atoms with E-state index >= 15 is 0 Å². The van der Waals surface area contributed by atoms with Crippen LogP contribution in [0.1, 0.15) is 53.6 Å². The van der Waals surface area contributed by atoms with Gasteiger partial charge in [-0.2, -0.15) is 0 Å². The summed E-state index contributed by atoms with van der Waals surface area (Å²) in [5, 5.41) is 6.80. The third kappa shape index (κ3) is 9.17. The summed E-state index contributed by atoms with van der Waals surface area (Å²) in [5.74, 6) is 7.31. The van der Waals surface area contributed by atoms with E-state index in [2.05, 4.69) is 50.3 Å². The minimum Gasteiger partial charge on any atom is -0.491 e. The molecule has 2 bridgehead atoms. The number of benzene rings is 2. The number of hydrogen-bond acceptors (Lipinski definition) is 7. The van der Waals surface area contributed by atoms with Gasteiger partial charge in [-0.15, -0.1) is 10.3 Å². The maximum absolute atomic E-state index is 13.4. The number of allylic oxidation sites excluding steroid dienone is 1. The Morgan fingerprint density at radius 1 is 1.09 bits per heavy atom. The molecule has 11 heteroatoms. The molecule has 0 saturated carbocycles. The number of morpholine rings is 1. The van der Waals surface area contributed by atoms with Crippen LogP contribution in [0.25, 0.3) is 0 Å². The number of amides is 1. The van der Waals surface area contributed by atoms with Gasteiger partial charge in [0.25, 0.3) is 5.91 Å². The predicted octanol–water partition coefficient (Wildman–Crippen LogP) is 5.25. The molecule has 3 heterocycles. The second kappa shape index (κ2) is 16.0. The molecule has 1 saturated heterocycles. The lowest BCUT2D eigenvalue weighted by molar-refractivity contribution is -0.00402. The van der Waals surface area contributed by atoms with Gasteiger partial charge in [0.1, 0.15) is 15.7 Å². The number of fused-ring (bicyclic) bond motifs is 3. The SMILES string of the molecule is NS1(=O)=NC(=O)c2ccc3c(c2)N(Cc2ccc(Cl)cc2CCCCO3)C[C@@H]2C#CC[C@H]2[C@@H](OCCN2CCOCC2)/C=C/CCC1. The first-order valence-electron chi connectivity index (χ1n) is 16.8. The van der Waals surface area contributed by atoms with Crippen molar-refractivity contribution >= 4 is 33.1 Å². The van der Waals surface area contributed by atoms with Crippen LogP contribution in [0.15, 0.2) is 52.9 Å². The molecule has 47 heavy (non-hydrogen) atoms. The van der Waals surface area contributed by atoms with E-state index in [1.165, 1.54) is 11.1 Å². The number of anilines is 1. The van der Waals surface area contributed by atoms with Crippen molar-refractivity contribution in [2.75, 3.05) is 63.3 Å². The highest BCUT2D eigenvalue weighted by Crippen LogP contribution is 2.36. The zero-order valence-electron chi connectivity index (χ0n) is 26.9. The number of nitrogens with two attached hydrogens (primary N) is 1. The van der Waals surface area contributed by atoms with E-state index in [4.69, 9.17) is 31.0 Å². The minimum atomic E-state index is -3.20. The largest absolute Gasteiger partial charge is 0.491 e. The van der Waals surface area contributed by atoms with E-state index in [0.717, 1.165) is 64.2 Å². The Labute approximate surface area is 284 Å². The van der Waals surface area contributed by atoms with Crippen molar-refractivity contribution < 1.29 is 23.2 Å². The Morgan fingerprint density at radius 2 is 1.96 bits per heavy atom. The monoisotopic (exact) mass is 680 g/mol. The fraction of sp³-hybridized carbons (Fsp3) is 0.528. The molecule has 1 amide bonds. The fourth-order valence-corrected chi connectivity index (χ4v) is 7.97. The van der Waals surface area contributed by atoms with Gasteiger partial charge in [-0.3, -0.25) is 9.69 Å². The van der Waals surface area contributed by atoms with Gasteiger partial charge in [0, 0.05) is 67.3 Å². The standard InChI is InChI=1S/C36H45ClN4O5S/c37-31-13-11-29-25-41-26-30-8-6-9-32(30)34(46-21-17-40-15-19-44-20-16-40)10-2-1-5-22-47(38,43)39-36(42)28-12-14-35(33(41)24-28)45-18-4-3-7-27(29)23-31/h2,10-14,23-24,30,32,34H,1,3-5,7,9,15-22,25-26H2,(H2,38,39,42,43)/b10-2+/t30-,32+,34-,47?/m0/s1. The highest BCUT2D eigenvalue weighted by Gasteiger charge is 2.33. The lowest BCUT2D eigenvalue weighted by Crippen LogP contribution is -2.40. The first-order valence-corrected chi connectivity index (χ1v) is 18.9. The van der Waals surface area contributed by atoms with Gasteiger partial charge in [0.2, 0.25) is 0 Å². The molecule has 6 rings (SSSR count). The van der Waals surface area contributed by atoms with Crippen molar-refractivity contribution in [1.29, 1.82) is 0 Å². The van der Waals surface area contributed by atoms with Crippen LogP contribution in [-0.4, -0.2) is 79.5 Å². The van der Waals surface area contributed by atoms with Crippen molar-refractivity contribution in [2.24, 2.45) is 21.3 Å². The Bertz CT molecular complexity index is 1640. The van der Waals surface area contributed by atoms with Gasteiger partial charge < -0.3 is 19.1 Å². The summed E-state index contributed by atoms with van der Waals surface area (Å²) < 4.78 is 35.7. The molecule has 9 nitrogen and oxygen atoms in total. The number of carbonyl (C=O) groups is 1. The third-order valence-electron chi connectivity index (χ3n) is 9.35. The van der Waals surface area contributed by atoms with Gasteiger partial charge >= 0.3 is 0 Å². The minimum absolute atomic E-state index is 0.0153. The highest BCUT2D eigenvalue weighted by molar-refractivity contribution is 7.91. The lowest BCUT2D eigenvalue weighted by Gasteiger charge is -2.34. The first kappa shape index (κ1) is 34.0. The van der Waals surface area contributed by atoms with E-state index in [1.807, 2.05) is 18.2 Å². The summed E-state index contributed by atoms with van der Waals surface area (Å²) in [4.78, 5) is 18.0. The van der Waals surface area contributed by atoms with Crippen LogP contribution < -0.4 is 14.8 Å². The zero-order chi connectivity index (χ0) is 32.6. The summed E-state index contributed by atoms with van der Waals surface area (Å²) in [6, 6.07) is 11.4. The number of aryl methyl sites for hydroxylation is 1. The molecule has 1 fully saturated rings. The number of rotatable bonds is 4. The van der Waals surface area contributed by atoms with E-state index in [9.17, 15) is 9.00 Å². The Morgan fingerprint density at radius 3 is 2.83 bits per heavy atom. The van der Waals surface area contributed by atoms with Crippen LogP contribution in [0.4, 0.5) is 5.69 Å². The van der Waals surface area contributed by atoms with Crippen LogP contribution in [0, 0.1) is 23.7 Å². The summed E-state index contributed by atoms with van der Waals surface area (Å²) in [6.45, 7) is 6.50. The Balaban J connectivity index is 1.37. The smallest absolute Gasteiger partial charge is 0.286 e. The van der Waals surface area contributed by atoms with Gasteiger partial charge in [-0.05, 0) is 73.6 Å². The summed E-state index contributed by atoms with van der Waals surface area (Å²) >= 11 is 6.46.